The Morgan fingerprint density at radius 1 is 0.667 bits per heavy atom. The van der Waals surface area contributed by atoms with Crippen molar-refractivity contribution >= 4 is 11.9 Å². The minimum Gasteiger partial charge on any atom is -0.507 e. The number of carboxylic acid groups (broad SMARTS) is 2. The van der Waals surface area contributed by atoms with Gasteiger partial charge in [0.2, 0.25) is 0 Å². The fourth-order valence-electron chi connectivity index (χ4n) is 1.31. The van der Waals surface area contributed by atoms with Gasteiger partial charge in [-0.15, -0.1) is 0 Å². The molecule has 0 spiro atoms. The predicted molar refractivity (Wildman–Crippen MR) is 70.1 cm³/mol. The SMILES string of the molecule is O=C(O)c1ccccc1O.O=C(O)c1ccccc1O.[Pd+2]. The van der Waals surface area contributed by atoms with Crippen LogP contribution in [0, 0.1) is 0 Å². The summed E-state index contributed by atoms with van der Waals surface area (Å²) in [5, 5.41) is 34.6. The maximum absolute atomic E-state index is 10.3. The van der Waals surface area contributed by atoms with E-state index in [1.165, 1.54) is 24.3 Å². The third-order valence-electron chi connectivity index (χ3n) is 2.27. The Hall–Kier alpha value is -2.36. The number of benzene rings is 2. The zero-order valence-corrected chi connectivity index (χ0v) is 12.1. The van der Waals surface area contributed by atoms with E-state index in [1.807, 2.05) is 0 Å². The molecule has 0 aliphatic carbocycles. The smallest absolute Gasteiger partial charge is 0.507 e. The van der Waals surface area contributed by atoms with Crippen LogP contribution in [0.2, 0.25) is 0 Å². The standard InChI is InChI=1S/2C7H6O3.Pd/c2*8-6-4-2-1-3-5(6)7(9)10;/h2*1-4,8H,(H,9,10);/q;;+2. The van der Waals surface area contributed by atoms with Crippen LogP contribution < -0.4 is 0 Å². The van der Waals surface area contributed by atoms with Gasteiger partial charge in [0, 0.05) is 0 Å². The summed E-state index contributed by atoms with van der Waals surface area (Å²) in [6.45, 7) is 0. The van der Waals surface area contributed by atoms with Crippen LogP contribution in [-0.4, -0.2) is 32.4 Å². The maximum Gasteiger partial charge on any atom is 2.00 e. The van der Waals surface area contributed by atoms with Gasteiger partial charge in [-0.1, -0.05) is 24.3 Å². The van der Waals surface area contributed by atoms with Crippen LogP contribution in [0.15, 0.2) is 48.5 Å². The zero-order chi connectivity index (χ0) is 15.1. The first-order chi connectivity index (χ1) is 9.43. The molecule has 7 heteroatoms. The second kappa shape index (κ2) is 8.74. The first kappa shape index (κ1) is 18.6. The molecule has 0 aliphatic heterocycles. The van der Waals surface area contributed by atoms with Crippen molar-refractivity contribution in [1.82, 2.24) is 0 Å². The monoisotopic (exact) mass is 382 g/mol. The summed E-state index contributed by atoms with van der Waals surface area (Å²) in [6, 6.07) is 11.6. The molecule has 0 unspecified atom stereocenters. The fourth-order valence-corrected chi connectivity index (χ4v) is 1.31. The van der Waals surface area contributed by atoms with Gasteiger partial charge in [0.05, 0.1) is 0 Å². The molecule has 0 amide bonds. The fraction of sp³-hybridized carbons (Fsp3) is 0. The van der Waals surface area contributed by atoms with Crippen molar-refractivity contribution in [3.63, 3.8) is 0 Å². The molecule has 0 bridgehead atoms. The Balaban J connectivity index is 0.000000364. The van der Waals surface area contributed by atoms with Crippen LogP contribution in [0.5, 0.6) is 11.5 Å². The second-order valence-electron chi connectivity index (χ2n) is 3.64. The molecule has 2 rings (SSSR count). The number of aromatic carboxylic acids is 2. The van der Waals surface area contributed by atoms with Gasteiger partial charge in [0.25, 0.3) is 0 Å². The summed E-state index contributed by atoms with van der Waals surface area (Å²) in [6.07, 6.45) is 0. The van der Waals surface area contributed by atoms with E-state index in [2.05, 4.69) is 0 Å². The average Bonchev–Trinajstić information content (AvgIpc) is 2.40. The average molecular weight is 383 g/mol. The number of hydrogen-bond acceptors (Lipinski definition) is 4. The molecular weight excluding hydrogens is 371 g/mol. The molecule has 0 aliphatic rings. The molecule has 4 N–H and O–H groups in total. The number of aromatic hydroxyl groups is 2. The van der Waals surface area contributed by atoms with Crippen LogP contribution in [-0.2, 0) is 20.4 Å². The molecule has 6 nitrogen and oxygen atoms in total. The van der Waals surface area contributed by atoms with Crippen LogP contribution >= 0.6 is 0 Å². The van der Waals surface area contributed by atoms with Crippen molar-refractivity contribution in [2.75, 3.05) is 0 Å². The molecule has 0 saturated heterocycles. The zero-order valence-electron chi connectivity index (χ0n) is 10.5. The quantitative estimate of drug-likeness (QED) is 0.592. The number of carbonyl (C=O) groups is 2. The molecule has 0 aromatic heterocycles. The van der Waals surface area contributed by atoms with Gasteiger partial charge in [0.1, 0.15) is 22.6 Å². The summed E-state index contributed by atoms with van der Waals surface area (Å²) >= 11 is 0. The minimum absolute atomic E-state index is 0. The summed E-state index contributed by atoms with van der Waals surface area (Å²) in [4.78, 5) is 20.5. The van der Waals surface area contributed by atoms with E-state index in [0.717, 1.165) is 0 Å². The van der Waals surface area contributed by atoms with Gasteiger partial charge in [-0.3, -0.25) is 0 Å². The van der Waals surface area contributed by atoms with E-state index in [9.17, 15) is 9.59 Å². The molecular formula is C14H12O6Pd+2. The van der Waals surface area contributed by atoms with Gasteiger partial charge >= 0.3 is 32.4 Å². The molecule has 2 aromatic rings. The van der Waals surface area contributed by atoms with Crippen molar-refractivity contribution in [1.29, 1.82) is 0 Å². The Bertz CT molecular complexity index is 571. The predicted octanol–water partition coefficient (Wildman–Crippen LogP) is 2.18. The van der Waals surface area contributed by atoms with Crippen LogP contribution in [0.25, 0.3) is 0 Å². The summed E-state index contributed by atoms with van der Waals surface area (Å²) in [5.74, 6) is -2.62. The Kier molecular flexibility index (Phi) is 7.76. The Morgan fingerprint density at radius 3 is 1.14 bits per heavy atom. The van der Waals surface area contributed by atoms with Crippen molar-refractivity contribution in [3.8, 4) is 11.5 Å². The summed E-state index contributed by atoms with van der Waals surface area (Å²) in [7, 11) is 0. The van der Waals surface area contributed by atoms with E-state index in [0.29, 0.717) is 0 Å². The van der Waals surface area contributed by atoms with Gasteiger partial charge in [-0.25, -0.2) is 9.59 Å². The number of carboxylic acids is 2. The van der Waals surface area contributed by atoms with E-state index >= 15 is 0 Å². The van der Waals surface area contributed by atoms with Gasteiger partial charge in [0.15, 0.2) is 0 Å². The maximum atomic E-state index is 10.3. The van der Waals surface area contributed by atoms with Gasteiger partial charge in [-0.05, 0) is 24.3 Å². The van der Waals surface area contributed by atoms with Crippen molar-refractivity contribution < 1.29 is 50.4 Å². The number of hydrogen-bond donors (Lipinski definition) is 4. The number of para-hydroxylation sites is 2. The van der Waals surface area contributed by atoms with E-state index in [1.54, 1.807) is 24.3 Å². The Labute approximate surface area is 134 Å². The third-order valence-corrected chi connectivity index (χ3v) is 2.27. The number of rotatable bonds is 2. The van der Waals surface area contributed by atoms with E-state index < -0.39 is 11.9 Å². The summed E-state index contributed by atoms with van der Waals surface area (Å²) in [5.41, 5.74) is -0.134. The molecule has 0 radical (unpaired) electrons. The summed E-state index contributed by atoms with van der Waals surface area (Å²) < 4.78 is 0. The number of phenols is 2. The van der Waals surface area contributed by atoms with Crippen molar-refractivity contribution in [2.24, 2.45) is 0 Å². The normalized spacial score (nSPS) is 8.76. The molecule has 21 heavy (non-hydrogen) atoms. The molecule has 0 heterocycles. The van der Waals surface area contributed by atoms with Crippen molar-refractivity contribution in [3.05, 3.63) is 59.7 Å². The first-order valence-electron chi connectivity index (χ1n) is 5.46. The molecule has 112 valence electrons. The Morgan fingerprint density at radius 2 is 0.952 bits per heavy atom. The largest absolute Gasteiger partial charge is 2.00 e. The van der Waals surface area contributed by atoms with E-state index in [-0.39, 0.29) is 43.0 Å². The van der Waals surface area contributed by atoms with Gasteiger partial charge < -0.3 is 20.4 Å². The minimum atomic E-state index is -1.11. The molecule has 0 atom stereocenters. The third kappa shape index (κ3) is 5.65. The van der Waals surface area contributed by atoms with Crippen molar-refractivity contribution in [2.45, 2.75) is 0 Å². The van der Waals surface area contributed by atoms with Crippen LogP contribution in [0.1, 0.15) is 20.7 Å². The van der Waals surface area contributed by atoms with Crippen LogP contribution in [0.4, 0.5) is 0 Å². The second-order valence-corrected chi connectivity index (χ2v) is 3.64. The van der Waals surface area contributed by atoms with Crippen LogP contribution in [0.3, 0.4) is 0 Å². The first-order valence-corrected chi connectivity index (χ1v) is 5.46. The van der Waals surface area contributed by atoms with Gasteiger partial charge in [-0.2, -0.15) is 0 Å². The topological polar surface area (TPSA) is 115 Å². The van der Waals surface area contributed by atoms with E-state index in [4.69, 9.17) is 20.4 Å². The molecule has 0 fully saturated rings. The molecule has 2 aromatic carbocycles. The molecule has 0 saturated carbocycles.